The van der Waals surface area contributed by atoms with Crippen molar-refractivity contribution in [2.24, 2.45) is 0 Å². The molecule has 0 bridgehead atoms. The molecule has 0 spiro atoms. The predicted octanol–water partition coefficient (Wildman–Crippen LogP) is 6.66. The number of hydrogen-bond donors (Lipinski definition) is 2. The lowest BCUT2D eigenvalue weighted by Gasteiger charge is -2.36. The van der Waals surface area contributed by atoms with Crippen LogP contribution in [0.3, 0.4) is 0 Å². The van der Waals surface area contributed by atoms with Crippen LogP contribution in [0, 0.1) is 0 Å². The molecule has 0 heterocycles. The summed E-state index contributed by atoms with van der Waals surface area (Å²) >= 11 is 9.06. The van der Waals surface area contributed by atoms with E-state index in [0.29, 0.717) is 13.2 Å². The minimum Gasteiger partial charge on any atom is -0.412 e. The fourth-order valence-corrected chi connectivity index (χ4v) is 3.65. The fourth-order valence-electron chi connectivity index (χ4n) is 1.23. The molecule has 0 aromatic heterocycles. The number of hydrogen-bond acceptors (Lipinski definition) is 4. The molecule has 0 aromatic carbocycles. The van der Waals surface area contributed by atoms with E-state index in [1.54, 1.807) is 0 Å². The van der Waals surface area contributed by atoms with Crippen molar-refractivity contribution in [3.8, 4) is 0 Å². The zero-order valence-electron chi connectivity index (χ0n) is 17.3. The van der Waals surface area contributed by atoms with Gasteiger partial charge >= 0.3 is 0 Å². The maximum Gasteiger partial charge on any atom is 0.192 e. The molecule has 0 rings (SSSR count). The van der Waals surface area contributed by atoms with E-state index in [4.69, 9.17) is 8.85 Å². The van der Waals surface area contributed by atoms with Crippen LogP contribution in [0.2, 0.25) is 36.3 Å². The SMILES string of the molecule is CC(C)(C)[Si](C)(C)OC/C(S)=C/C=C(\S)CO[Si](C)(C)C(C)(C)C. The second-order valence-electron chi connectivity index (χ2n) is 9.41. The van der Waals surface area contributed by atoms with Gasteiger partial charge in [0.05, 0.1) is 13.2 Å². The Labute approximate surface area is 163 Å². The molecule has 0 aliphatic carbocycles. The Morgan fingerprint density at radius 2 is 0.958 bits per heavy atom. The van der Waals surface area contributed by atoms with Crippen LogP contribution in [0.1, 0.15) is 41.5 Å². The lowest BCUT2D eigenvalue weighted by molar-refractivity contribution is 0.324. The van der Waals surface area contributed by atoms with Gasteiger partial charge in [0, 0.05) is 9.81 Å². The molecule has 24 heavy (non-hydrogen) atoms. The van der Waals surface area contributed by atoms with E-state index in [-0.39, 0.29) is 10.1 Å². The lowest BCUT2D eigenvalue weighted by Crippen LogP contribution is -2.41. The summed E-state index contributed by atoms with van der Waals surface area (Å²) in [5, 5.41) is 0.422. The molecule has 0 amide bonds. The van der Waals surface area contributed by atoms with Crippen molar-refractivity contribution < 1.29 is 8.85 Å². The average Bonchev–Trinajstić information content (AvgIpc) is 2.38. The summed E-state index contributed by atoms with van der Waals surface area (Å²) in [5.41, 5.74) is 0. The Bertz CT molecular complexity index is 426. The van der Waals surface area contributed by atoms with Gasteiger partial charge in [0.15, 0.2) is 16.6 Å². The summed E-state index contributed by atoms with van der Waals surface area (Å²) in [4.78, 5) is 1.83. The standard InChI is InChI=1S/C18H38O2S2Si2/c1-17(2,3)23(7,8)19-13-15(21)11-12-16(22)14-20-24(9,10)18(4,5)6/h11-12,21-22H,13-14H2,1-10H3/b15-11-,16-12-. The third kappa shape index (κ3) is 8.28. The zero-order valence-corrected chi connectivity index (χ0v) is 21.1. The highest BCUT2D eigenvalue weighted by Crippen LogP contribution is 2.37. The molecular formula is C18H38O2S2Si2. The highest BCUT2D eigenvalue weighted by molar-refractivity contribution is 7.84. The van der Waals surface area contributed by atoms with E-state index in [1.807, 2.05) is 12.2 Å². The number of allylic oxidation sites excluding steroid dienone is 2. The van der Waals surface area contributed by atoms with E-state index >= 15 is 0 Å². The Morgan fingerprint density at radius 1 is 0.708 bits per heavy atom. The van der Waals surface area contributed by atoms with Gasteiger partial charge in [0.2, 0.25) is 0 Å². The molecular weight excluding hydrogens is 369 g/mol. The van der Waals surface area contributed by atoms with Crippen LogP contribution >= 0.6 is 25.3 Å². The van der Waals surface area contributed by atoms with Crippen molar-refractivity contribution in [1.29, 1.82) is 0 Å². The molecule has 2 nitrogen and oxygen atoms in total. The van der Waals surface area contributed by atoms with Gasteiger partial charge in [-0.05, 0) is 48.4 Å². The molecule has 0 aromatic rings. The average molecular weight is 407 g/mol. The largest absolute Gasteiger partial charge is 0.412 e. The van der Waals surface area contributed by atoms with Gasteiger partial charge < -0.3 is 8.85 Å². The number of thiol groups is 2. The van der Waals surface area contributed by atoms with E-state index in [0.717, 1.165) is 9.81 Å². The summed E-state index contributed by atoms with van der Waals surface area (Å²) in [5.74, 6) is 0. The Kier molecular flexibility index (Phi) is 9.15. The van der Waals surface area contributed by atoms with Crippen LogP contribution in [0.4, 0.5) is 0 Å². The van der Waals surface area contributed by atoms with Crippen molar-refractivity contribution >= 4 is 41.9 Å². The first-order valence-electron chi connectivity index (χ1n) is 8.55. The molecule has 0 aliphatic rings. The summed E-state index contributed by atoms with van der Waals surface area (Å²) in [6, 6.07) is 0. The summed E-state index contributed by atoms with van der Waals surface area (Å²) in [7, 11) is -3.47. The first kappa shape index (κ1) is 24.5. The normalized spacial score (nSPS) is 15.8. The molecule has 6 heteroatoms. The van der Waals surface area contributed by atoms with E-state index in [9.17, 15) is 0 Å². The van der Waals surface area contributed by atoms with Crippen molar-refractivity contribution in [2.45, 2.75) is 77.8 Å². The van der Waals surface area contributed by atoms with Crippen LogP contribution in [0.5, 0.6) is 0 Å². The maximum atomic E-state index is 6.16. The van der Waals surface area contributed by atoms with E-state index < -0.39 is 16.6 Å². The molecule has 0 atom stereocenters. The molecule has 0 saturated carbocycles. The van der Waals surface area contributed by atoms with Crippen LogP contribution in [-0.2, 0) is 8.85 Å². The monoisotopic (exact) mass is 406 g/mol. The molecule has 0 saturated heterocycles. The van der Waals surface area contributed by atoms with Gasteiger partial charge in [0.25, 0.3) is 0 Å². The second-order valence-corrected chi connectivity index (χ2v) is 20.2. The van der Waals surface area contributed by atoms with Gasteiger partial charge in [-0.15, -0.1) is 25.3 Å². The van der Waals surface area contributed by atoms with Gasteiger partial charge in [-0.3, -0.25) is 0 Å². The summed E-state index contributed by atoms with van der Waals surface area (Å²) in [6.45, 7) is 23.6. The topological polar surface area (TPSA) is 18.5 Å². The second kappa shape index (κ2) is 8.95. The van der Waals surface area contributed by atoms with Gasteiger partial charge in [-0.2, -0.15) is 0 Å². The zero-order chi connectivity index (χ0) is 19.4. The van der Waals surface area contributed by atoms with Crippen LogP contribution in [-0.4, -0.2) is 29.8 Å². The van der Waals surface area contributed by atoms with E-state index in [1.165, 1.54) is 0 Å². The number of rotatable bonds is 7. The fraction of sp³-hybridized carbons (Fsp3) is 0.778. The van der Waals surface area contributed by atoms with Crippen LogP contribution in [0.15, 0.2) is 22.0 Å². The maximum absolute atomic E-state index is 6.16. The third-order valence-corrected chi connectivity index (χ3v) is 14.8. The summed E-state index contributed by atoms with van der Waals surface area (Å²) in [6.07, 6.45) is 3.93. The van der Waals surface area contributed by atoms with Crippen molar-refractivity contribution in [3.63, 3.8) is 0 Å². The summed E-state index contributed by atoms with van der Waals surface area (Å²) < 4.78 is 12.3. The third-order valence-electron chi connectivity index (χ3n) is 5.24. The minimum absolute atomic E-state index is 0.211. The molecule has 0 aliphatic heterocycles. The lowest BCUT2D eigenvalue weighted by atomic mass is 10.2. The highest BCUT2D eigenvalue weighted by atomic mass is 32.1. The molecule has 0 N–H and O–H groups in total. The van der Waals surface area contributed by atoms with Gasteiger partial charge in [-0.1, -0.05) is 41.5 Å². The van der Waals surface area contributed by atoms with Crippen molar-refractivity contribution in [2.75, 3.05) is 13.2 Å². The highest BCUT2D eigenvalue weighted by Gasteiger charge is 2.37. The molecule has 142 valence electrons. The predicted molar refractivity (Wildman–Crippen MR) is 120 cm³/mol. The van der Waals surface area contributed by atoms with Crippen LogP contribution < -0.4 is 0 Å². The Balaban J connectivity index is 4.62. The first-order valence-corrected chi connectivity index (χ1v) is 15.3. The smallest absolute Gasteiger partial charge is 0.192 e. The van der Waals surface area contributed by atoms with Gasteiger partial charge in [0.1, 0.15) is 0 Å². The van der Waals surface area contributed by atoms with Crippen molar-refractivity contribution in [3.05, 3.63) is 22.0 Å². The minimum atomic E-state index is -1.73. The Morgan fingerprint density at radius 3 is 1.17 bits per heavy atom. The van der Waals surface area contributed by atoms with E-state index in [2.05, 4.69) is 93.0 Å². The first-order chi connectivity index (χ1) is 10.5. The molecule has 0 fully saturated rings. The van der Waals surface area contributed by atoms with Gasteiger partial charge in [-0.25, -0.2) is 0 Å². The molecule has 0 unspecified atom stereocenters. The van der Waals surface area contributed by atoms with Crippen molar-refractivity contribution in [1.82, 2.24) is 0 Å². The quantitative estimate of drug-likeness (QED) is 0.280. The van der Waals surface area contributed by atoms with Crippen LogP contribution in [0.25, 0.3) is 0 Å². The molecule has 0 radical (unpaired) electrons. The Hall–Kier alpha value is 0.534.